The lowest BCUT2D eigenvalue weighted by Gasteiger charge is -2.30. The highest BCUT2D eigenvalue weighted by atomic mass is 32.2. The predicted molar refractivity (Wildman–Crippen MR) is 114 cm³/mol. The quantitative estimate of drug-likeness (QED) is 0.712. The predicted octanol–water partition coefficient (Wildman–Crippen LogP) is 2.89. The van der Waals surface area contributed by atoms with Gasteiger partial charge < -0.3 is 10.1 Å². The van der Waals surface area contributed by atoms with Crippen molar-refractivity contribution in [2.75, 3.05) is 24.7 Å². The molecule has 2 aromatic carbocycles. The number of anilines is 1. The van der Waals surface area contributed by atoms with Crippen LogP contribution in [0.2, 0.25) is 0 Å². The molecule has 0 aromatic heterocycles. The van der Waals surface area contributed by atoms with Gasteiger partial charge in [-0.25, -0.2) is 12.7 Å². The van der Waals surface area contributed by atoms with Crippen LogP contribution < -0.4 is 5.32 Å². The number of ether oxygens (including phenoxy) is 1. The Bertz CT molecular complexity index is 982. The van der Waals surface area contributed by atoms with Gasteiger partial charge in [0.2, 0.25) is 16.1 Å². The molecule has 3 rings (SSSR count). The zero-order valence-electron chi connectivity index (χ0n) is 17.1. The first kappa shape index (κ1) is 22.0. The number of nitrogens with one attached hydrogen (secondary N) is 1. The van der Waals surface area contributed by atoms with E-state index < -0.39 is 33.9 Å². The Morgan fingerprint density at radius 2 is 1.63 bits per heavy atom. The number of nitrogens with zero attached hydrogens (tertiary/aromatic N) is 1. The van der Waals surface area contributed by atoms with Crippen molar-refractivity contribution in [3.05, 3.63) is 65.7 Å². The maximum atomic E-state index is 12.9. The number of benzene rings is 2. The molecule has 7 nitrogen and oxygen atoms in total. The molecule has 1 fully saturated rings. The molecule has 1 aliphatic rings. The number of hydrogen-bond acceptors (Lipinski definition) is 5. The van der Waals surface area contributed by atoms with E-state index >= 15 is 0 Å². The molecule has 1 unspecified atom stereocenters. The minimum atomic E-state index is -3.28. The van der Waals surface area contributed by atoms with Crippen molar-refractivity contribution in [3.8, 4) is 0 Å². The van der Waals surface area contributed by atoms with Gasteiger partial charge in [-0.1, -0.05) is 48.0 Å². The Balaban J connectivity index is 1.71. The van der Waals surface area contributed by atoms with Crippen LogP contribution in [0.5, 0.6) is 0 Å². The summed E-state index contributed by atoms with van der Waals surface area (Å²) in [6.45, 7) is 2.49. The van der Waals surface area contributed by atoms with E-state index in [9.17, 15) is 18.0 Å². The van der Waals surface area contributed by atoms with Crippen LogP contribution in [0, 0.1) is 12.8 Å². The Morgan fingerprint density at radius 1 is 1.03 bits per heavy atom. The van der Waals surface area contributed by atoms with Crippen LogP contribution >= 0.6 is 0 Å². The Kier molecular flexibility index (Phi) is 6.89. The molecule has 0 radical (unpaired) electrons. The molecule has 1 amide bonds. The van der Waals surface area contributed by atoms with Crippen LogP contribution in [0.4, 0.5) is 5.69 Å². The number of piperidine rings is 1. The van der Waals surface area contributed by atoms with Gasteiger partial charge in [-0.05, 0) is 31.9 Å². The third-order valence-corrected chi connectivity index (χ3v) is 6.45. The smallest absolute Gasteiger partial charge is 0.310 e. The van der Waals surface area contributed by atoms with Gasteiger partial charge >= 0.3 is 5.97 Å². The van der Waals surface area contributed by atoms with E-state index in [1.807, 2.05) is 25.1 Å². The number of hydrogen-bond donors (Lipinski definition) is 1. The Hall–Kier alpha value is -2.71. The molecule has 1 N–H and O–H groups in total. The zero-order chi connectivity index (χ0) is 21.7. The summed E-state index contributed by atoms with van der Waals surface area (Å²) in [5, 5.41) is 2.80. The third-order valence-electron chi connectivity index (χ3n) is 5.15. The first-order chi connectivity index (χ1) is 14.2. The minimum absolute atomic E-state index is 0.268. The summed E-state index contributed by atoms with van der Waals surface area (Å²) in [7, 11) is -3.28. The average Bonchev–Trinajstić information content (AvgIpc) is 2.73. The first-order valence-electron chi connectivity index (χ1n) is 9.82. The first-order valence-corrected chi connectivity index (χ1v) is 11.7. The fourth-order valence-electron chi connectivity index (χ4n) is 3.38. The maximum absolute atomic E-state index is 12.9. The van der Waals surface area contributed by atoms with Gasteiger partial charge in [0.1, 0.15) is 0 Å². The normalized spacial score (nSPS) is 16.6. The van der Waals surface area contributed by atoms with Crippen molar-refractivity contribution in [2.45, 2.75) is 25.9 Å². The molecule has 1 atom stereocenters. The summed E-state index contributed by atoms with van der Waals surface area (Å²) in [6, 6.07) is 16.2. The van der Waals surface area contributed by atoms with Gasteiger partial charge in [-0.2, -0.15) is 0 Å². The van der Waals surface area contributed by atoms with Gasteiger partial charge in [0, 0.05) is 24.3 Å². The summed E-state index contributed by atoms with van der Waals surface area (Å²) >= 11 is 0. The maximum Gasteiger partial charge on any atom is 0.310 e. The summed E-state index contributed by atoms with van der Waals surface area (Å²) < 4.78 is 30.3. The molecule has 1 heterocycles. The summed E-state index contributed by atoms with van der Waals surface area (Å²) in [6.07, 6.45) is 0.805. The lowest BCUT2D eigenvalue weighted by atomic mass is 9.98. The molecular formula is C22H26N2O5S. The average molecular weight is 431 g/mol. The molecular weight excluding hydrogens is 404 g/mol. The third kappa shape index (κ3) is 5.67. The van der Waals surface area contributed by atoms with Gasteiger partial charge in [0.25, 0.3) is 5.91 Å². The number of aryl methyl sites for hydroxylation is 1. The summed E-state index contributed by atoms with van der Waals surface area (Å²) in [4.78, 5) is 25.7. The van der Waals surface area contributed by atoms with Crippen LogP contribution in [0.25, 0.3) is 0 Å². The number of carbonyl (C=O) groups is 2. The lowest BCUT2D eigenvalue weighted by molar-refractivity contribution is -0.160. The number of sulfonamides is 1. The van der Waals surface area contributed by atoms with Gasteiger partial charge in [0.15, 0.2) is 0 Å². The van der Waals surface area contributed by atoms with Crippen molar-refractivity contribution in [1.82, 2.24) is 4.31 Å². The molecule has 1 aliphatic heterocycles. The van der Waals surface area contributed by atoms with Crippen LogP contribution in [0.3, 0.4) is 0 Å². The molecule has 0 aliphatic carbocycles. The fourth-order valence-corrected chi connectivity index (χ4v) is 4.26. The lowest BCUT2D eigenvalue weighted by Crippen LogP contribution is -2.40. The largest absolute Gasteiger partial charge is 0.447 e. The van der Waals surface area contributed by atoms with Crippen molar-refractivity contribution in [2.24, 2.45) is 5.92 Å². The second-order valence-corrected chi connectivity index (χ2v) is 9.50. The SMILES string of the molecule is Cc1ccc(NC(=O)C(OC(=O)C2CCN(S(C)(=O)=O)CC2)c2ccccc2)cc1. The zero-order valence-corrected chi connectivity index (χ0v) is 17.9. The fraction of sp³-hybridized carbons (Fsp3) is 0.364. The Morgan fingerprint density at radius 3 is 2.20 bits per heavy atom. The highest BCUT2D eigenvalue weighted by molar-refractivity contribution is 7.88. The van der Waals surface area contributed by atoms with Crippen LogP contribution in [0.1, 0.15) is 30.1 Å². The summed E-state index contributed by atoms with van der Waals surface area (Å²) in [5.41, 5.74) is 2.26. The molecule has 8 heteroatoms. The van der Waals surface area contributed by atoms with E-state index in [1.165, 1.54) is 4.31 Å². The van der Waals surface area contributed by atoms with E-state index in [-0.39, 0.29) is 13.1 Å². The monoisotopic (exact) mass is 430 g/mol. The van der Waals surface area contributed by atoms with Crippen molar-refractivity contribution < 1.29 is 22.7 Å². The highest BCUT2D eigenvalue weighted by Gasteiger charge is 2.33. The Labute approximate surface area is 177 Å². The molecule has 0 saturated carbocycles. The van der Waals surface area contributed by atoms with Crippen LogP contribution in [0.15, 0.2) is 54.6 Å². The number of esters is 1. The number of amides is 1. The number of rotatable bonds is 6. The standard InChI is InChI=1S/C22H26N2O5S/c1-16-8-10-19(11-9-16)23-21(25)20(17-6-4-3-5-7-17)29-22(26)18-12-14-24(15-13-18)30(2,27)28/h3-11,18,20H,12-15H2,1-2H3,(H,23,25). The molecule has 30 heavy (non-hydrogen) atoms. The summed E-state index contributed by atoms with van der Waals surface area (Å²) in [5.74, 6) is -1.37. The van der Waals surface area contributed by atoms with Crippen LogP contribution in [-0.2, 0) is 24.3 Å². The van der Waals surface area contributed by atoms with E-state index in [0.29, 0.717) is 24.1 Å². The number of carbonyl (C=O) groups excluding carboxylic acids is 2. The van der Waals surface area contributed by atoms with Crippen molar-refractivity contribution in [1.29, 1.82) is 0 Å². The van der Waals surface area contributed by atoms with E-state index in [2.05, 4.69) is 5.32 Å². The topological polar surface area (TPSA) is 92.8 Å². The molecule has 0 bridgehead atoms. The van der Waals surface area contributed by atoms with E-state index in [0.717, 1.165) is 11.8 Å². The van der Waals surface area contributed by atoms with Gasteiger partial charge in [-0.15, -0.1) is 0 Å². The second kappa shape index (κ2) is 9.40. The van der Waals surface area contributed by atoms with Crippen molar-refractivity contribution >= 4 is 27.6 Å². The molecule has 160 valence electrons. The van der Waals surface area contributed by atoms with Gasteiger partial charge in [0.05, 0.1) is 12.2 Å². The van der Waals surface area contributed by atoms with E-state index in [4.69, 9.17) is 4.74 Å². The highest BCUT2D eigenvalue weighted by Crippen LogP contribution is 2.26. The van der Waals surface area contributed by atoms with Crippen molar-refractivity contribution in [3.63, 3.8) is 0 Å². The van der Waals surface area contributed by atoms with Crippen LogP contribution in [-0.4, -0.2) is 43.9 Å². The van der Waals surface area contributed by atoms with Gasteiger partial charge in [-0.3, -0.25) is 9.59 Å². The molecule has 0 spiro atoms. The molecule has 2 aromatic rings. The second-order valence-electron chi connectivity index (χ2n) is 7.52. The minimum Gasteiger partial charge on any atom is -0.447 e. The van der Waals surface area contributed by atoms with E-state index in [1.54, 1.807) is 36.4 Å². The molecule has 1 saturated heterocycles.